The van der Waals surface area contributed by atoms with E-state index in [1.165, 1.54) is 25.5 Å². The van der Waals surface area contributed by atoms with Gasteiger partial charge in [0.15, 0.2) is 0 Å². The summed E-state index contributed by atoms with van der Waals surface area (Å²) < 4.78 is 7.70. The Morgan fingerprint density at radius 1 is 1.41 bits per heavy atom. The molecule has 0 atom stereocenters. The van der Waals surface area contributed by atoms with E-state index in [1.807, 2.05) is 14.0 Å². The molecule has 0 amide bonds. The molecule has 0 unspecified atom stereocenters. The van der Waals surface area contributed by atoms with Crippen molar-refractivity contribution < 1.29 is 9.94 Å². The molecule has 1 N–H and O–H groups in total. The van der Waals surface area contributed by atoms with Crippen LogP contribution in [0.4, 0.5) is 0 Å². The summed E-state index contributed by atoms with van der Waals surface area (Å²) in [6.45, 7) is 1.88. The quantitative estimate of drug-likeness (QED) is 0.498. The number of rotatable bonds is 3. The molecule has 0 aliphatic heterocycles. The van der Waals surface area contributed by atoms with Gasteiger partial charge in [-0.25, -0.2) is 4.68 Å². The molecule has 1 aromatic heterocycles. The number of aryl methyl sites for hydroxylation is 2. The summed E-state index contributed by atoms with van der Waals surface area (Å²) in [5, 5.41) is 16.0. The lowest BCUT2D eigenvalue weighted by molar-refractivity contribution is 0.142. The third-order valence-electron chi connectivity index (χ3n) is 3.23. The molecule has 17 heavy (non-hydrogen) atoms. The Bertz CT molecular complexity index is 406. The highest BCUT2D eigenvalue weighted by molar-refractivity contribution is 5.83. The van der Waals surface area contributed by atoms with Crippen molar-refractivity contribution in [1.82, 2.24) is 9.78 Å². The van der Waals surface area contributed by atoms with Gasteiger partial charge in [-0.1, -0.05) is 11.6 Å². The minimum atomic E-state index is 0.268. The van der Waals surface area contributed by atoms with Crippen molar-refractivity contribution in [2.75, 3.05) is 0 Å². The minimum absolute atomic E-state index is 0.268. The maximum atomic E-state index is 8.66. The van der Waals surface area contributed by atoms with Crippen molar-refractivity contribution in [1.29, 1.82) is 0 Å². The summed E-state index contributed by atoms with van der Waals surface area (Å²) in [6, 6.07) is 0. The third kappa shape index (κ3) is 2.60. The zero-order valence-electron chi connectivity index (χ0n) is 10.4. The molecule has 1 aliphatic rings. The van der Waals surface area contributed by atoms with Gasteiger partial charge in [0.2, 0.25) is 5.88 Å². The van der Waals surface area contributed by atoms with E-state index in [-0.39, 0.29) is 6.10 Å². The average Bonchev–Trinajstić information content (AvgIpc) is 2.58. The van der Waals surface area contributed by atoms with Gasteiger partial charge in [0.25, 0.3) is 0 Å². The van der Waals surface area contributed by atoms with Crippen LogP contribution in [-0.4, -0.2) is 27.3 Å². The van der Waals surface area contributed by atoms with E-state index in [0.29, 0.717) is 5.88 Å². The fourth-order valence-corrected chi connectivity index (χ4v) is 2.34. The topological polar surface area (TPSA) is 59.6 Å². The Hall–Kier alpha value is -1.52. The molecule has 0 radical (unpaired) electrons. The Morgan fingerprint density at radius 3 is 2.76 bits per heavy atom. The zero-order chi connectivity index (χ0) is 12.3. The van der Waals surface area contributed by atoms with E-state index < -0.39 is 0 Å². The van der Waals surface area contributed by atoms with Gasteiger partial charge in [-0.3, -0.25) is 0 Å². The number of oxime groups is 1. The standard InChI is InChI=1S/C12H19N3O2/c1-9-11(8-13-16)12(15(2)14-9)17-10-6-4-3-5-7-10/h8,10,16H,3-7H2,1-2H3. The Kier molecular flexibility index (Phi) is 3.66. The van der Waals surface area contributed by atoms with Crippen LogP contribution in [-0.2, 0) is 7.05 Å². The predicted octanol–water partition coefficient (Wildman–Crippen LogP) is 2.25. The van der Waals surface area contributed by atoms with Gasteiger partial charge in [0.1, 0.15) is 6.10 Å². The molecule has 1 saturated carbocycles. The lowest BCUT2D eigenvalue weighted by Crippen LogP contribution is -2.21. The van der Waals surface area contributed by atoms with Gasteiger partial charge in [0.05, 0.1) is 17.5 Å². The van der Waals surface area contributed by atoms with Crippen LogP contribution < -0.4 is 4.74 Å². The van der Waals surface area contributed by atoms with Crippen LogP contribution >= 0.6 is 0 Å². The molecule has 5 nitrogen and oxygen atoms in total. The number of hydrogen-bond donors (Lipinski definition) is 1. The minimum Gasteiger partial charge on any atom is -0.474 e. The second kappa shape index (κ2) is 5.21. The average molecular weight is 237 g/mol. The van der Waals surface area contributed by atoms with E-state index in [9.17, 15) is 0 Å². The Labute approximate surface area is 101 Å². The molecular formula is C12H19N3O2. The fourth-order valence-electron chi connectivity index (χ4n) is 2.34. The number of aromatic nitrogens is 2. The van der Waals surface area contributed by atoms with Crippen LogP contribution in [0.15, 0.2) is 5.16 Å². The van der Waals surface area contributed by atoms with E-state index in [2.05, 4.69) is 10.3 Å². The highest BCUT2D eigenvalue weighted by atomic mass is 16.5. The highest BCUT2D eigenvalue weighted by Gasteiger charge is 2.20. The summed E-state index contributed by atoms with van der Waals surface area (Å²) in [4.78, 5) is 0. The maximum absolute atomic E-state index is 8.66. The lowest BCUT2D eigenvalue weighted by Gasteiger charge is -2.23. The van der Waals surface area contributed by atoms with Crippen molar-refractivity contribution in [3.63, 3.8) is 0 Å². The van der Waals surface area contributed by atoms with E-state index in [1.54, 1.807) is 4.68 Å². The summed E-state index contributed by atoms with van der Waals surface area (Å²) in [5.41, 5.74) is 1.58. The van der Waals surface area contributed by atoms with Crippen LogP contribution in [0.2, 0.25) is 0 Å². The first-order valence-electron chi connectivity index (χ1n) is 6.10. The molecule has 2 rings (SSSR count). The van der Waals surface area contributed by atoms with Crippen LogP contribution in [0, 0.1) is 6.92 Å². The number of ether oxygens (including phenoxy) is 1. The van der Waals surface area contributed by atoms with E-state index in [0.717, 1.165) is 24.1 Å². The maximum Gasteiger partial charge on any atom is 0.221 e. The fraction of sp³-hybridized carbons (Fsp3) is 0.667. The molecule has 0 aromatic carbocycles. The third-order valence-corrected chi connectivity index (χ3v) is 3.23. The summed E-state index contributed by atoms with van der Waals surface area (Å²) in [5.74, 6) is 0.701. The van der Waals surface area contributed by atoms with Gasteiger partial charge in [-0.05, 0) is 32.6 Å². The molecule has 0 saturated heterocycles. The van der Waals surface area contributed by atoms with Crippen molar-refractivity contribution in [2.45, 2.75) is 45.1 Å². The highest BCUT2D eigenvalue weighted by Crippen LogP contribution is 2.26. The first kappa shape index (κ1) is 12.0. The Balaban J connectivity index is 2.18. The monoisotopic (exact) mass is 237 g/mol. The largest absolute Gasteiger partial charge is 0.474 e. The van der Waals surface area contributed by atoms with Gasteiger partial charge < -0.3 is 9.94 Å². The summed E-state index contributed by atoms with van der Waals surface area (Å²) in [6.07, 6.45) is 7.61. The molecule has 1 heterocycles. The van der Waals surface area contributed by atoms with Crippen LogP contribution in [0.3, 0.4) is 0 Å². The normalized spacial score (nSPS) is 17.8. The molecule has 1 fully saturated rings. The molecule has 94 valence electrons. The first-order chi connectivity index (χ1) is 8.22. The van der Waals surface area contributed by atoms with Gasteiger partial charge >= 0.3 is 0 Å². The van der Waals surface area contributed by atoms with Crippen LogP contribution in [0.1, 0.15) is 43.4 Å². The molecule has 5 heteroatoms. The van der Waals surface area contributed by atoms with Gasteiger partial charge in [-0.15, -0.1) is 0 Å². The van der Waals surface area contributed by atoms with Crippen molar-refractivity contribution in [3.8, 4) is 5.88 Å². The summed E-state index contributed by atoms with van der Waals surface area (Å²) >= 11 is 0. The molecule has 1 aliphatic carbocycles. The molecule has 0 bridgehead atoms. The van der Waals surface area contributed by atoms with Crippen molar-refractivity contribution in [3.05, 3.63) is 11.3 Å². The van der Waals surface area contributed by atoms with Crippen LogP contribution in [0.25, 0.3) is 0 Å². The molecular weight excluding hydrogens is 218 g/mol. The predicted molar refractivity (Wildman–Crippen MR) is 64.8 cm³/mol. The van der Waals surface area contributed by atoms with Crippen molar-refractivity contribution >= 4 is 6.21 Å². The SMILES string of the molecule is Cc1nn(C)c(OC2CCCCC2)c1C=NO. The van der Waals surface area contributed by atoms with Gasteiger partial charge in [-0.2, -0.15) is 5.10 Å². The molecule has 0 spiro atoms. The van der Waals surface area contributed by atoms with E-state index >= 15 is 0 Å². The second-order valence-corrected chi connectivity index (χ2v) is 4.55. The zero-order valence-corrected chi connectivity index (χ0v) is 10.4. The Morgan fingerprint density at radius 2 is 2.12 bits per heavy atom. The smallest absolute Gasteiger partial charge is 0.221 e. The first-order valence-corrected chi connectivity index (χ1v) is 6.10. The number of nitrogens with zero attached hydrogens (tertiary/aromatic N) is 3. The second-order valence-electron chi connectivity index (χ2n) is 4.55. The lowest BCUT2D eigenvalue weighted by atomic mass is 9.98. The summed E-state index contributed by atoms with van der Waals surface area (Å²) in [7, 11) is 1.85. The van der Waals surface area contributed by atoms with Gasteiger partial charge in [0, 0.05) is 7.05 Å². The molecule has 1 aromatic rings. The van der Waals surface area contributed by atoms with Crippen LogP contribution in [0.5, 0.6) is 5.88 Å². The van der Waals surface area contributed by atoms with Crippen molar-refractivity contribution in [2.24, 2.45) is 12.2 Å². The van der Waals surface area contributed by atoms with E-state index in [4.69, 9.17) is 9.94 Å². The number of hydrogen-bond acceptors (Lipinski definition) is 4.